The summed E-state index contributed by atoms with van der Waals surface area (Å²) >= 11 is 0. The van der Waals surface area contributed by atoms with Crippen molar-refractivity contribution in [1.29, 1.82) is 0 Å². The Kier molecular flexibility index (Phi) is 11.7. The highest BCUT2D eigenvalue weighted by molar-refractivity contribution is 5.84. The summed E-state index contributed by atoms with van der Waals surface area (Å²) in [6, 6.07) is 0. The van der Waals surface area contributed by atoms with E-state index < -0.39 is 82.8 Å². The number of aliphatic hydroxyl groups is 4. The van der Waals surface area contributed by atoms with Crippen LogP contribution in [-0.4, -0.2) is 84.5 Å². The number of Topliss-reactive ketones (excluding diaryl/α,β-unsaturated/α-hetero) is 1. The van der Waals surface area contributed by atoms with E-state index in [1.165, 1.54) is 6.92 Å². The normalized spacial score (nSPS) is 44.6. The van der Waals surface area contributed by atoms with Crippen LogP contribution in [0.1, 0.15) is 115 Å². The van der Waals surface area contributed by atoms with Crippen molar-refractivity contribution in [2.24, 2.45) is 47.3 Å². The summed E-state index contributed by atoms with van der Waals surface area (Å²) in [4.78, 5) is 25.9. The fourth-order valence-corrected chi connectivity index (χ4v) is 9.06. The summed E-state index contributed by atoms with van der Waals surface area (Å²) in [5.74, 6) is -8.84. The van der Waals surface area contributed by atoms with Gasteiger partial charge in [-0.2, -0.15) is 0 Å². The Balaban J connectivity index is 1.80. The summed E-state index contributed by atoms with van der Waals surface area (Å²) in [5, 5.41) is 55.4. The van der Waals surface area contributed by atoms with E-state index in [0.29, 0.717) is 38.5 Å². The maximum Gasteiger partial charge on any atom is 0.311 e. The van der Waals surface area contributed by atoms with E-state index in [-0.39, 0.29) is 23.5 Å². The van der Waals surface area contributed by atoms with Crippen molar-refractivity contribution >= 4 is 11.8 Å². The number of aliphatic hydroxyl groups excluding tert-OH is 2. The highest BCUT2D eigenvalue weighted by atomic mass is 16.7. The van der Waals surface area contributed by atoms with Crippen molar-refractivity contribution < 1.29 is 49.3 Å². The maximum absolute atomic E-state index is 14.1. The van der Waals surface area contributed by atoms with Gasteiger partial charge in [0.05, 0.1) is 30.0 Å². The van der Waals surface area contributed by atoms with Crippen LogP contribution < -0.4 is 0 Å². The van der Waals surface area contributed by atoms with Gasteiger partial charge < -0.3 is 39.7 Å². The molecule has 3 fully saturated rings. The predicted octanol–water partition coefficient (Wildman–Crippen LogP) is 4.53. The fraction of sp³-hybridized carbons (Fsp3) is 0.943. The van der Waals surface area contributed by atoms with Crippen LogP contribution in [0.4, 0.5) is 0 Å². The van der Waals surface area contributed by atoms with Gasteiger partial charge in [0.2, 0.25) is 0 Å². The van der Waals surface area contributed by atoms with Gasteiger partial charge in [-0.1, -0.05) is 62.3 Å². The molecule has 0 aromatic heterocycles. The molecule has 0 bridgehead atoms. The van der Waals surface area contributed by atoms with Crippen LogP contribution in [0, 0.1) is 47.3 Å². The molecule has 3 rings (SSSR count). The maximum atomic E-state index is 14.1. The van der Waals surface area contributed by atoms with Gasteiger partial charge in [0.1, 0.15) is 17.3 Å². The molecular weight excluding hydrogens is 580 g/mol. The Morgan fingerprint density at radius 2 is 1.47 bits per heavy atom. The molecule has 0 radical (unpaired) electrons. The monoisotopic (exact) mass is 642 g/mol. The molecule has 262 valence electrons. The molecule has 0 aliphatic carbocycles. The molecule has 5 N–H and O–H groups in total. The first-order valence-corrected chi connectivity index (χ1v) is 17.3. The molecule has 0 saturated carbocycles. The van der Waals surface area contributed by atoms with E-state index in [1.807, 2.05) is 48.5 Å². The number of hydrogen-bond acceptors (Lipinski definition) is 9. The average Bonchev–Trinajstić information content (AvgIpc) is 3.46. The van der Waals surface area contributed by atoms with Crippen LogP contribution in [0.3, 0.4) is 0 Å². The molecule has 10 heteroatoms. The molecule has 16 atom stereocenters. The number of carbonyl (C=O) groups excluding carboxylic acids is 1. The Morgan fingerprint density at radius 1 is 0.867 bits per heavy atom. The molecule has 2 unspecified atom stereocenters. The number of rotatable bonds is 13. The lowest BCUT2D eigenvalue weighted by atomic mass is 9.72. The van der Waals surface area contributed by atoms with Crippen LogP contribution in [0.15, 0.2) is 0 Å². The zero-order chi connectivity index (χ0) is 34.4. The molecule has 3 heterocycles. The first-order valence-electron chi connectivity index (χ1n) is 17.3. The largest absolute Gasteiger partial charge is 0.481 e. The summed E-state index contributed by atoms with van der Waals surface area (Å²) in [7, 11) is 0. The lowest BCUT2D eigenvalue weighted by molar-refractivity contribution is -0.332. The zero-order valence-corrected chi connectivity index (χ0v) is 29.4. The number of ketones is 1. The van der Waals surface area contributed by atoms with Crippen LogP contribution >= 0.6 is 0 Å². The minimum Gasteiger partial charge on any atom is -0.481 e. The van der Waals surface area contributed by atoms with E-state index in [0.717, 1.165) is 0 Å². The summed E-state index contributed by atoms with van der Waals surface area (Å²) < 4.78 is 19.2. The van der Waals surface area contributed by atoms with Crippen LogP contribution in [-0.2, 0) is 23.8 Å². The van der Waals surface area contributed by atoms with Crippen molar-refractivity contribution in [1.82, 2.24) is 0 Å². The standard InChI is InChI=1S/C35H62O10/c1-12-25(30-19(5)16-32(11,43-30)35(42)21(7)17-33(14-3,45-35)26(36)13-2)28(38)22(8)27(37)23(9)29-18(4)15-20(6)34(41,44-29)24(10)31(39)40/h18-27,29-30,36-37,41-42H,12-17H2,1-11H3,(H,39,40)/t18-,19-,20+,21+,22-,23-,24?,25-,26?,27+,29-,30-,32-,33+,34+,35+/m0/s1. The SMILES string of the molecule is CCC(O)[C@@]1(CC)C[C@@H](C)[C@](O)([C@]2(C)C[C@H](C)[C@@H]([C@@H](CC)C(=O)[C@@H](C)[C@@H](O)[C@H](C)[C@H]3O[C@@](O)(C(C)C(=O)O)[C@H](C)C[C@@H]3C)O2)O1. The van der Waals surface area contributed by atoms with E-state index in [2.05, 4.69) is 0 Å². The Morgan fingerprint density at radius 3 is 1.98 bits per heavy atom. The third-order valence-corrected chi connectivity index (χ3v) is 12.2. The molecule has 0 spiro atoms. The molecule has 0 aromatic carbocycles. The molecule has 10 nitrogen and oxygen atoms in total. The van der Waals surface area contributed by atoms with E-state index in [9.17, 15) is 35.1 Å². The van der Waals surface area contributed by atoms with Gasteiger partial charge in [-0.25, -0.2) is 0 Å². The lowest BCUT2D eigenvalue weighted by Crippen LogP contribution is -2.58. The molecule has 0 aromatic rings. The second-order valence-corrected chi connectivity index (χ2v) is 15.3. The number of carboxylic acid groups (broad SMARTS) is 1. The van der Waals surface area contributed by atoms with E-state index in [4.69, 9.17) is 14.2 Å². The van der Waals surface area contributed by atoms with E-state index in [1.54, 1.807) is 20.8 Å². The Bertz CT molecular complexity index is 1050. The minimum atomic E-state index is -1.89. The van der Waals surface area contributed by atoms with Crippen molar-refractivity contribution in [2.45, 2.75) is 162 Å². The van der Waals surface area contributed by atoms with Crippen LogP contribution in [0.5, 0.6) is 0 Å². The van der Waals surface area contributed by atoms with E-state index >= 15 is 0 Å². The molecule has 45 heavy (non-hydrogen) atoms. The summed E-state index contributed by atoms with van der Waals surface area (Å²) in [6.07, 6.45) is -0.0253. The van der Waals surface area contributed by atoms with Crippen molar-refractivity contribution in [2.75, 3.05) is 0 Å². The lowest BCUT2D eigenvalue weighted by Gasteiger charge is -2.49. The van der Waals surface area contributed by atoms with Gasteiger partial charge in [-0.3, -0.25) is 9.59 Å². The topological polar surface area (TPSA) is 163 Å². The van der Waals surface area contributed by atoms with Gasteiger partial charge in [-0.15, -0.1) is 0 Å². The second-order valence-electron chi connectivity index (χ2n) is 15.3. The smallest absolute Gasteiger partial charge is 0.311 e. The van der Waals surface area contributed by atoms with Crippen molar-refractivity contribution in [3.8, 4) is 0 Å². The van der Waals surface area contributed by atoms with Gasteiger partial charge in [-0.05, 0) is 64.2 Å². The summed E-state index contributed by atoms with van der Waals surface area (Å²) in [5.41, 5.74) is -1.99. The van der Waals surface area contributed by atoms with Crippen molar-refractivity contribution in [3.63, 3.8) is 0 Å². The Hall–Kier alpha value is -1.14. The molecular formula is C35H62O10. The second kappa shape index (κ2) is 13.8. The quantitative estimate of drug-likeness (QED) is 0.193. The number of aliphatic carboxylic acids is 1. The number of carbonyl (C=O) groups is 2. The molecule has 3 aliphatic heterocycles. The minimum absolute atomic E-state index is 0.0790. The average molecular weight is 643 g/mol. The number of ether oxygens (including phenoxy) is 3. The van der Waals surface area contributed by atoms with Gasteiger partial charge in [0.25, 0.3) is 0 Å². The Labute approximate surface area is 270 Å². The molecule has 0 amide bonds. The first-order chi connectivity index (χ1) is 20.7. The van der Waals surface area contributed by atoms with Gasteiger partial charge in [0.15, 0.2) is 11.6 Å². The third-order valence-electron chi connectivity index (χ3n) is 12.2. The molecule has 3 saturated heterocycles. The number of carboxylic acids is 1. The van der Waals surface area contributed by atoms with Crippen LogP contribution in [0.2, 0.25) is 0 Å². The van der Waals surface area contributed by atoms with Crippen molar-refractivity contribution in [3.05, 3.63) is 0 Å². The third kappa shape index (κ3) is 6.51. The van der Waals surface area contributed by atoms with Gasteiger partial charge in [0, 0.05) is 29.6 Å². The predicted molar refractivity (Wildman–Crippen MR) is 169 cm³/mol. The number of hydrogen-bond donors (Lipinski definition) is 5. The summed E-state index contributed by atoms with van der Waals surface area (Å²) in [6.45, 7) is 20.2. The highest BCUT2D eigenvalue weighted by Crippen LogP contribution is 2.56. The van der Waals surface area contributed by atoms with Crippen LogP contribution in [0.25, 0.3) is 0 Å². The fourth-order valence-electron chi connectivity index (χ4n) is 9.06. The molecule has 3 aliphatic rings. The highest BCUT2D eigenvalue weighted by Gasteiger charge is 2.67. The zero-order valence-electron chi connectivity index (χ0n) is 29.4. The van der Waals surface area contributed by atoms with Gasteiger partial charge >= 0.3 is 5.97 Å². The first kappa shape index (κ1) is 38.3.